The lowest BCUT2D eigenvalue weighted by atomic mass is 9.87. The first-order valence-corrected chi connectivity index (χ1v) is 11.2. The van der Waals surface area contributed by atoms with Gasteiger partial charge in [-0.15, -0.1) is 0 Å². The lowest BCUT2D eigenvalue weighted by molar-refractivity contribution is 0.0847. The van der Waals surface area contributed by atoms with Crippen LogP contribution >= 0.6 is 11.3 Å². The zero-order valence-corrected chi connectivity index (χ0v) is 17.7. The number of pyridine rings is 1. The van der Waals surface area contributed by atoms with Gasteiger partial charge in [0.2, 0.25) is 11.8 Å². The number of fused-ring (bicyclic) bond motifs is 1. The molecule has 8 nitrogen and oxygen atoms in total. The SMILES string of the molecule is COc1nc(F)c(C2CCOCC2)c2sc(NC(=O)N3CCC4(CCOC4)C3)nc12. The highest BCUT2D eigenvalue weighted by Gasteiger charge is 2.43. The summed E-state index contributed by atoms with van der Waals surface area (Å²) in [5, 5.41) is 3.33. The minimum Gasteiger partial charge on any atom is -0.479 e. The summed E-state index contributed by atoms with van der Waals surface area (Å²) in [5.74, 6) is -0.377. The molecule has 0 aliphatic carbocycles. The fourth-order valence-electron chi connectivity index (χ4n) is 4.73. The van der Waals surface area contributed by atoms with Crippen LogP contribution in [0.1, 0.15) is 37.2 Å². The van der Waals surface area contributed by atoms with E-state index in [0.717, 1.165) is 32.3 Å². The van der Waals surface area contributed by atoms with Crippen LogP contribution in [0.25, 0.3) is 10.2 Å². The molecule has 30 heavy (non-hydrogen) atoms. The molecule has 3 aliphatic heterocycles. The van der Waals surface area contributed by atoms with Gasteiger partial charge in [-0.05, 0) is 31.6 Å². The Labute approximate surface area is 177 Å². The van der Waals surface area contributed by atoms with Gasteiger partial charge in [0.05, 0.1) is 18.4 Å². The van der Waals surface area contributed by atoms with E-state index in [-0.39, 0.29) is 23.2 Å². The van der Waals surface area contributed by atoms with E-state index in [1.165, 1.54) is 18.4 Å². The van der Waals surface area contributed by atoms with Crippen LogP contribution in [0, 0.1) is 11.4 Å². The third-order valence-corrected chi connectivity index (χ3v) is 7.45. The number of hydrogen-bond acceptors (Lipinski definition) is 7. The van der Waals surface area contributed by atoms with Crippen molar-refractivity contribution in [2.45, 2.75) is 31.6 Å². The molecule has 162 valence electrons. The molecule has 1 unspecified atom stereocenters. The summed E-state index contributed by atoms with van der Waals surface area (Å²) < 4.78 is 31.8. The third-order valence-electron chi connectivity index (χ3n) is 6.44. The van der Waals surface area contributed by atoms with Crippen LogP contribution in [0.2, 0.25) is 0 Å². The molecule has 0 bridgehead atoms. The second-order valence-electron chi connectivity index (χ2n) is 8.31. The van der Waals surface area contributed by atoms with Crippen molar-refractivity contribution in [1.82, 2.24) is 14.9 Å². The molecule has 2 amide bonds. The van der Waals surface area contributed by atoms with E-state index in [0.29, 0.717) is 53.8 Å². The molecular weight excluding hydrogens is 411 g/mol. The fraction of sp³-hybridized carbons (Fsp3) is 0.650. The monoisotopic (exact) mass is 436 g/mol. The smallest absolute Gasteiger partial charge is 0.323 e. The average molecular weight is 437 g/mol. The van der Waals surface area contributed by atoms with Crippen molar-refractivity contribution in [1.29, 1.82) is 0 Å². The van der Waals surface area contributed by atoms with E-state index < -0.39 is 5.95 Å². The van der Waals surface area contributed by atoms with Crippen molar-refractivity contribution in [3.8, 4) is 5.88 Å². The molecule has 10 heteroatoms. The number of hydrogen-bond donors (Lipinski definition) is 1. The summed E-state index contributed by atoms with van der Waals surface area (Å²) in [6.07, 6.45) is 3.42. The van der Waals surface area contributed by atoms with Gasteiger partial charge in [0.25, 0.3) is 0 Å². The second kappa shape index (κ2) is 7.90. The Kier molecular flexibility index (Phi) is 5.24. The Morgan fingerprint density at radius 3 is 2.83 bits per heavy atom. The van der Waals surface area contributed by atoms with Crippen molar-refractivity contribution in [3.05, 3.63) is 11.5 Å². The standard InChI is InChI=1S/C20H25FN4O4S/c1-27-17-14-15(13(16(21)23-17)12-2-7-28-8-3-12)30-18(22-14)24-19(26)25-6-4-20(10-25)5-9-29-11-20/h12H,2-11H2,1H3,(H,22,24,26). The number of amides is 2. The molecule has 5 heterocycles. The lowest BCUT2D eigenvalue weighted by Crippen LogP contribution is -2.35. The average Bonchev–Trinajstić information content (AvgIpc) is 3.49. The van der Waals surface area contributed by atoms with Gasteiger partial charge < -0.3 is 19.1 Å². The van der Waals surface area contributed by atoms with Crippen molar-refractivity contribution >= 4 is 32.7 Å². The topological polar surface area (TPSA) is 85.8 Å². The number of rotatable bonds is 3. The zero-order valence-electron chi connectivity index (χ0n) is 16.9. The van der Waals surface area contributed by atoms with Crippen LogP contribution in [0.15, 0.2) is 0 Å². The summed E-state index contributed by atoms with van der Waals surface area (Å²) in [7, 11) is 1.44. The van der Waals surface area contributed by atoms with Crippen molar-refractivity contribution in [2.24, 2.45) is 5.41 Å². The molecule has 3 aliphatic rings. The maximum absolute atomic E-state index is 14.9. The Morgan fingerprint density at radius 1 is 1.27 bits per heavy atom. The molecular formula is C20H25FN4O4S. The number of likely N-dealkylation sites (tertiary alicyclic amines) is 1. The van der Waals surface area contributed by atoms with Crippen LogP contribution < -0.4 is 10.1 Å². The summed E-state index contributed by atoms with van der Waals surface area (Å²) in [6.45, 7) is 4.07. The number of urea groups is 1. The predicted octanol–water partition coefficient (Wildman–Crippen LogP) is 3.38. The number of nitrogens with one attached hydrogen (secondary N) is 1. The number of nitrogens with zero attached hydrogens (tertiary/aromatic N) is 3. The maximum atomic E-state index is 14.9. The molecule has 3 saturated heterocycles. The number of methoxy groups -OCH3 is 1. The van der Waals surface area contributed by atoms with Gasteiger partial charge in [-0.2, -0.15) is 9.37 Å². The van der Waals surface area contributed by atoms with Gasteiger partial charge in [0, 0.05) is 43.9 Å². The molecule has 0 radical (unpaired) electrons. The third kappa shape index (κ3) is 3.50. The number of carbonyl (C=O) groups excluding carboxylic acids is 1. The number of halogens is 1. The number of thiazole rings is 1. The summed E-state index contributed by atoms with van der Waals surface area (Å²) in [6, 6.07) is -0.183. The summed E-state index contributed by atoms with van der Waals surface area (Å²) >= 11 is 1.28. The molecule has 2 aromatic rings. The summed E-state index contributed by atoms with van der Waals surface area (Å²) in [5.41, 5.74) is 1.13. The van der Waals surface area contributed by atoms with Gasteiger partial charge in [-0.1, -0.05) is 11.3 Å². The van der Waals surface area contributed by atoms with Crippen LogP contribution in [-0.2, 0) is 9.47 Å². The summed E-state index contributed by atoms with van der Waals surface area (Å²) in [4.78, 5) is 23.2. The lowest BCUT2D eigenvalue weighted by Gasteiger charge is -2.23. The molecule has 0 saturated carbocycles. The molecule has 2 aromatic heterocycles. The first-order valence-electron chi connectivity index (χ1n) is 10.3. The van der Waals surface area contributed by atoms with Crippen molar-refractivity contribution < 1.29 is 23.4 Å². The van der Waals surface area contributed by atoms with E-state index in [4.69, 9.17) is 14.2 Å². The highest BCUT2D eigenvalue weighted by Crippen LogP contribution is 2.42. The Bertz CT molecular complexity index is 956. The van der Waals surface area contributed by atoms with Gasteiger partial charge in [0.1, 0.15) is 5.52 Å². The van der Waals surface area contributed by atoms with Crippen LogP contribution in [0.5, 0.6) is 5.88 Å². The fourth-order valence-corrected chi connectivity index (χ4v) is 5.79. The predicted molar refractivity (Wildman–Crippen MR) is 110 cm³/mol. The molecule has 3 fully saturated rings. The maximum Gasteiger partial charge on any atom is 0.323 e. The molecule has 1 atom stereocenters. The molecule has 1 N–H and O–H groups in total. The van der Waals surface area contributed by atoms with Crippen molar-refractivity contribution in [3.63, 3.8) is 0 Å². The van der Waals surface area contributed by atoms with E-state index in [1.807, 2.05) is 4.90 Å². The second-order valence-corrected chi connectivity index (χ2v) is 9.31. The molecule has 5 rings (SSSR count). The van der Waals surface area contributed by atoms with E-state index in [2.05, 4.69) is 15.3 Å². The van der Waals surface area contributed by atoms with Crippen molar-refractivity contribution in [2.75, 3.05) is 51.9 Å². The number of aromatic nitrogens is 2. The van der Waals surface area contributed by atoms with Crippen LogP contribution in [-0.4, -0.2) is 67.5 Å². The van der Waals surface area contributed by atoms with Gasteiger partial charge in [-0.3, -0.25) is 5.32 Å². The minimum absolute atomic E-state index is 0.0180. The number of ether oxygens (including phenoxy) is 3. The zero-order chi connectivity index (χ0) is 20.7. The first-order chi connectivity index (χ1) is 14.6. The van der Waals surface area contributed by atoms with Crippen LogP contribution in [0.3, 0.4) is 0 Å². The van der Waals surface area contributed by atoms with E-state index in [9.17, 15) is 9.18 Å². The van der Waals surface area contributed by atoms with Gasteiger partial charge in [0.15, 0.2) is 5.13 Å². The van der Waals surface area contributed by atoms with Gasteiger partial charge >= 0.3 is 6.03 Å². The van der Waals surface area contributed by atoms with Crippen LogP contribution in [0.4, 0.5) is 14.3 Å². The molecule has 0 aromatic carbocycles. The number of carbonyl (C=O) groups is 1. The Morgan fingerprint density at radius 2 is 2.10 bits per heavy atom. The Hall–Kier alpha value is -2.04. The van der Waals surface area contributed by atoms with E-state index >= 15 is 0 Å². The van der Waals surface area contributed by atoms with Gasteiger partial charge in [-0.25, -0.2) is 9.78 Å². The molecule has 1 spiro atoms. The largest absolute Gasteiger partial charge is 0.479 e. The first kappa shape index (κ1) is 19.9. The quantitative estimate of drug-likeness (QED) is 0.743. The highest BCUT2D eigenvalue weighted by molar-refractivity contribution is 7.22. The normalized spacial score (nSPS) is 24.8. The highest BCUT2D eigenvalue weighted by atomic mass is 32.1. The Balaban J connectivity index is 1.41. The number of anilines is 1. The minimum atomic E-state index is -0.532. The van der Waals surface area contributed by atoms with E-state index in [1.54, 1.807) is 0 Å².